The van der Waals surface area contributed by atoms with Crippen LogP contribution in [-0.4, -0.2) is 14.8 Å². The van der Waals surface area contributed by atoms with Gasteiger partial charge in [-0.2, -0.15) is 0 Å². The normalized spacial score (nSPS) is 10.8. The van der Waals surface area contributed by atoms with E-state index in [4.69, 9.17) is 11.6 Å². The molecule has 0 fully saturated rings. The van der Waals surface area contributed by atoms with Crippen LogP contribution in [0.15, 0.2) is 29.4 Å². The van der Waals surface area contributed by atoms with E-state index in [2.05, 4.69) is 21.7 Å². The number of nitrogens with zero attached hydrogens (tertiary/aromatic N) is 3. The second-order valence-corrected chi connectivity index (χ2v) is 5.41. The summed E-state index contributed by atoms with van der Waals surface area (Å²) in [6, 6.07) is 7.91. The molecule has 0 amide bonds. The number of thioether (sulfide) groups is 1. The summed E-state index contributed by atoms with van der Waals surface area (Å²) >= 11 is 7.82. The third-order valence-electron chi connectivity index (χ3n) is 2.66. The summed E-state index contributed by atoms with van der Waals surface area (Å²) in [5.74, 6) is 1.79. The maximum atomic E-state index is 6.14. The van der Waals surface area contributed by atoms with E-state index in [0.29, 0.717) is 0 Å². The molecule has 18 heavy (non-hydrogen) atoms. The summed E-state index contributed by atoms with van der Waals surface area (Å²) in [5.41, 5.74) is 1.13. The van der Waals surface area contributed by atoms with Crippen molar-refractivity contribution in [2.24, 2.45) is 0 Å². The zero-order chi connectivity index (χ0) is 13.0. The van der Waals surface area contributed by atoms with Crippen LogP contribution in [0.4, 0.5) is 0 Å². The van der Waals surface area contributed by atoms with Gasteiger partial charge in [-0.1, -0.05) is 48.5 Å². The molecule has 2 aromatic rings. The van der Waals surface area contributed by atoms with Crippen LogP contribution < -0.4 is 0 Å². The molecule has 0 saturated carbocycles. The van der Waals surface area contributed by atoms with Crippen LogP contribution >= 0.6 is 23.4 Å². The van der Waals surface area contributed by atoms with Gasteiger partial charge in [0, 0.05) is 17.3 Å². The molecule has 0 aliphatic carbocycles. The third kappa shape index (κ3) is 3.06. The van der Waals surface area contributed by atoms with Crippen molar-refractivity contribution in [2.75, 3.05) is 0 Å². The van der Waals surface area contributed by atoms with Crippen molar-refractivity contribution >= 4 is 23.4 Å². The van der Waals surface area contributed by atoms with Gasteiger partial charge < -0.3 is 4.57 Å². The molecule has 1 aromatic carbocycles. The number of hydrogen-bond donors (Lipinski definition) is 0. The molecular weight excluding hydrogens is 266 g/mol. The maximum absolute atomic E-state index is 6.14. The summed E-state index contributed by atoms with van der Waals surface area (Å²) in [7, 11) is 0. The Labute approximate surface area is 117 Å². The Bertz CT molecular complexity index is 525. The largest absolute Gasteiger partial charge is 0.306 e. The molecule has 3 nitrogen and oxygen atoms in total. The van der Waals surface area contributed by atoms with Crippen molar-refractivity contribution in [3.8, 4) is 0 Å². The van der Waals surface area contributed by atoms with E-state index in [1.165, 1.54) is 0 Å². The summed E-state index contributed by atoms with van der Waals surface area (Å²) in [4.78, 5) is 0. The van der Waals surface area contributed by atoms with Gasteiger partial charge in [0.25, 0.3) is 0 Å². The van der Waals surface area contributed by atoms with E-state index >= 15 is 0 Å². The summed E-state index contributed by atoms with van der Waals surface area (Å²) < 4.78 is 2.15. The highest BCUT2D eigenvalue weighted by Gasteiger charge is 2.09. The predicted molar refractivity (Wildman–Crippen MR) is 76.1 cm³/mol. The second-order valence-electron chi connectivity index (χ2n) is 4.06. The Kier molecular flexibility index (Phi) is 4.66. The van der Waals surface area contributed by atoms with E-state index in [0.717, 1.165) is 40.3 Å². The molecule has 0 spiro atoms. The Morgan fingerprint density at radius 3 is 2.78 bits per heavy atom. The average molecular weight is 282 g/mol. The maximum Gasteiger partial charge on any atom is 0.191 e. The van der Waals surface area contributed by atoms with Crippen LogP contribution in [0.25, 0.3) is 0 Å². The topological polar surface area (TPSA) is 30.7 Å². The first kappa shape index (κ1) is 13.4. The molecule has 5 heteroatoms. The van der Waals surface area contributed by atoms with Crippen LogP contribution in [0.3, 0.4) is 0 Å². The van der Waals surface area contributed by atoms with Gasteiger partial charge in [-0.05, 0) is 25.0 Å². The van der Waals surface area contributed by atoms with Crippen LogP contribution in [-0.2, 0) is 12.3 Å². The number of aryl methyl sites for hydroxylation is 1. The third-order valence-corrected chi connectivity index (χ3v) is 4.05. The van der Waals surface area contributed by atoms with Gasteiger partial charge >= 0.3 is 0 Å². The second kappa shape index (κ2) is 6.25. The molecule has 0 aliphatic rings. The molecule has 1 heterocycles. The van der Waals surface area contributed by atoms with Crippen LogP contribution in [0.5, 0.6) is 0 Å². The molecule has 0 atom stereocenters. The summed E-state index contributed by atoms with van der Waals surface area (Å²) in [6.45, 7) is 5.11. The summed E-state index contributed by atoms with van der Waals surface area (Å²) in [6.07, 6.45) is 1.08. The molecule has 0 bridgehead atoms. The van der Waals surface area contributed by atoms with Gasteiger partial charge in [-0.25, -0.2) is 0 Å². The zero-order valence-corrected chi connectivity index (χ0v) is 12.1. The van der Waals surface area contributed by atoms with Crippen molar-refractivity contribution < 1.29 is 0 Å². The van der Waals surface area contributed by atoms with Crippen LogP contribution in [0.1, 0.15) is 24.7 Å². The van der Waals surface area contributed by atoms with Crippen molar-refractivity contribution in [1.82, 2.24) is 14.8 Å². The molecule has 0 aliphatic heterocycles. The number of halogens is 1. The first-order valence-corrected chi connectivity index (χ1v) is 7.34. The minimum atomic E-state index is 0.809. The molecule has 0 saturated heterocycles. The SMILES string of the molecule is CCCn1c(C)nnc1SCc1ccccc1Cl. The number of hydrogen-bond acceptors (Lipinski definition) is 3. The molecule has 96 valence electrons. The highest BCUT2D eigenvalue weighted by atomic mass is 35.5. The first-order chi connectivity index (χ1) is 8.72. The van der Waals surface area contributed by atoms with Crippen molar-refractivity contribution in [1.29, 1.82) is 0 Å². The van der Waals surface area contributed by atoms with Gasteiger partial charge in [-0.15, -0.1) is 10.2 Å². The quantitative estimate of drug-likeness (QED) is 0.778. The average Bonchev–Trinajstić information content (AvgIpc) is 2.71. The molecule has 0 unspecified atom stereocenters. The van der Waals surface area contributed by atoms with Crippen LogP contribution in [0.2, 0.25) is 5.02 Å². The van der Waals surface area contributed by atoms with E-state index in [1.807, 2.05) is 31.2 Å². The zero-order valence-electron chi connectivity index (χ0n) is 10.6. The van der Waals surface area contributed by atoms with Gasteiger partial charge in [0.1, 0.15) is 5.82 Å². The molecule has 2 rings (SSSR count). The molecule has 0 radical (unpaired) electrons. The Balaban J connectivity index is 2.09. The van der Waals surface area contributed by atoms with Crippen LogP contribution in [0, 0.1) is 6.92 Å². The monoisotopic (exact) mass is 281 g/mol. The molecule has 0 N–H and O–H groups in total. The van der Waals surface area contributed by atoms with Crippen molar-refractivity contribution in [3.63, 3.8) is 0 Å². The molecular formula is C13H16ClN3S. The van der Waals surface area contributed by atoms with E-state index in [-0.39, 0.29) is 0 Å². The van der Waals surface area contributed by atoms with Crippen molar-refractivity contribution in [3.05, 3.63) is 40.7 Å². The lowest BCUT2D eigenvalue weighted by atomic mass is 10.2. The predicted octanol–water partition coefficient (Wildman–Crippen LogP) is 3.94. The standard InChI is InChI=1S/C13H16ClN3S/c1-3-8-17-10(2)15-16-13(17)18-9-11-6-4-5-7-12(11)14/h4-7H,3,8-9H2,1-2H3. The van der Waals surface area contributed by atoms with E-state index < -0.39 is 0 Å². The lowest BCUT2D eigenvalue weighted by Crippen LogP contribution is -2.01. The van der Waals surface area contributed by atoms with Gasteiger partial charge in [0.2, 0.25) is 0 Å². The number of benzene rings is 1. The molecule has 1 aromatic heterocycles. The first-order valence-electron chi connectivity index (χ1n) is 5.98. The summed E-state index contributed by atoms with van der Waals surface area (Å²) in [5, 5.41) is 10.1. The van der Waals surface area contributed by atoms with Crippen molar-refractivity contribution in [2.45, 2.75) is 37.7 Å². The lowest BCUT2D eigenvalue weighted by Gasteiger charge is -2.07. The smallest absolute Gasteiger partial charge is 0.191 e. The van der Waals surface area contributed by atoms with Gasteiger partial charge in [0.15, 0.2) is 5.16 Å². The number of rotatable bonds is 5. The highest BCUT2D eigenvalue weighted by Crippen LogP contribution is 2.25. The minimum Gasteiger partial charge on any atom is -0.306 e. The minimum absolute atomic E-state index is 0.809. The fourth-order valence-corrected chi connectivity index (χ4v) is 3.00. The van der Waals surface area contributed by atoms with E-state index in [1.54, 1.807) is 11.8 Å². The van der Waals surface area contributed by atoms with Gasteiger partial charge in [-0.3, -0.25) is 0 Å². The number of aromatic nitrogens is 3. The van der Waals surface area contributed by atoms with Gasteiger partial charge in [0.05, 0.1) is 0 Å². The Hall–Kier alpha value is -1.00. The van der Waals surface area contributed by atoms with E-state index in [9.17, 15) is 0 Å². The Morgan fingerprint density at radius 1 is 1.28 bits per heavy atom. The fraction of sp³-hybridized carbons (Fsp3) is 0.385. The lowest BCUT2D eigenvalue weighted by molar-refractivity contribution is 0.605. The Morgan fingerprint density at radius 2 is 2.06 bits per heavy atom. The fourth-order valence-electron chi connectivity index (χ4n) is 1.71. The highest BCUT2D eigenvalue weighted by molar-refractivity contribution is 7.98.